The van der Waals surface area contributed by atoms with Crippen LogP contribution in [0.1, 0.15) is 21.7 Å². The van der Waals surface area contributed by atoms with Gasteiger partial charge >= 0.3 is 5.97 Å². The van der Waals surface area contributed by atoms with Crippen molar-refractivity contribution in [3.8, 4) is 11.4 Å². The molecular formula is C14H11BrClN3O2. The summed E-state index contributed by atoms with van der Waals surface area (Å²) in [5.41, 5.74) is 2.73. The lowest BCUT2D eigenvalue weighted by Crippen LogP contribution is -2.11. The first kappa shape index (κ1) is 14.4. The van der Waals surface area contributed by atoms with E-state index in [1.54, 1.807) is 6.07 Å². The van der Waals surface area contributed by atoms with Gasteiger partial charge in [-0.2, -0.15) is 0 Å². The highest BCUT2D eigenvalue weighted by Gasteiger charge is 2.24. The SMILES string of the molecule is COC(=O)c1nc(-c2ccc(Cl)c(Br)c2)nc2c1CNC2. The van der Waals surface area contributed by atoms with Crippen molar-refractivity contribution in [3.05, 3.63) is 44.6 Å². The van der Waals surface area contributed by atoms with Crippen molar-refractivity contribution in [1.82, 2.24) is 15.3 Å². The molecule has 2 heterocycles. The average molecular weight is 369 g/mol. The van der Waals surface area contributed by atoms with E-state index in [1.807, 2.05) is 12.1 Å². The molecule has 0 saturated carbocycles. The van der Waals surface area contributed by atoms with E-state index >= 15 is 0 Å². The van der Waals surface area contributed by atoms with Gasteiger partial charge in [-0.15, -0.1) is 0 Å². The first-order chi connectivity index (χ1) is 10.1. The summed E-state index contributed by atoms with van der Waals surface area (Å²) in [7, 11) is 1.35. The molecule has 0 aliphatic carbocycles. The van der Waals surface area contributed by atoms with E-state index in [1.165, 1.54) is 7.11 Å². The topological polar surface area (TPSA) is 64.1 Å². The van der Waals surface area contributed by atoms with Crippen LogP contribution in [0, 0.1) is 0 Å². The highest BCUT2D eigenvalue weighted by Crippen LogP contribution is 2.29. The number of rotatable bonds is 2. The minimum absolute atomic E-state index is 0.313. The predicted octanol–water partition coefficient (Wildman–Crippen LogP) is 2.95. The molecule has 1 aliphatic heterocycles. The Morgan fingerprint density at radius 3 is 2.90 bits per heavy atom. The molecule has 0 radical (unpaired) electrons. The highest BCUT2D eigenvalue weighted by atomic mass is 79.9. The van der Waals surface area contributed by atoms with E-state index in [9.17, 15) is 4.79 Å². The van der Waals surface area contributed by atoms with Crippen molar-refractivity contribution in [3.63, 3.8) is 0 Å². The lowest BCUT2D eigenvalue weighted by atomic mass is 10.1. The normalized spacial score (nSPS) is 13.1. The molecule has 0 unspecified atom stereocenters. The molecule has 0 amide bonds. The van der Waals surface area contributed by atoms with Gasteiger partial charge in [-0.1, -0.05) is 11.6 Å². The molecule has 3 rings (SSSR count). The van der Waals surface area contributed by atoms with Crippen molar-refractivity contribution in [1.29, 1.82) is 0 Å². The molecule has 5 nitrogen and oxygen atoms in total. The first-order valence-electron chi connectivity index (χ1n) is 6.24. The van der Waals surface area contributed by atoms with Crippen LogP contribution in [0.4, 0.5) is 0 Å². The Kier molecular flexibility index (Phi) is 3.93. The second-order valence-corrected chi connectivity index (χ2v) is 5.81. The highest BCUT2D eigenvalue weighted by molar-refractivity contribution is 9.10. The largest absolute Gasteiger partial charge is 0.464 e. The number of fused-ring (bicyclic) bond motifs is 1. The molecule has 0 fully saturated rings. The fourth-order valence-electron chi connectivity index (χ4n) is 2.20. The molecule has 7 heteroatoms. The number of benzene rings is 1. The van der Waals surface area contributed by atoms with Crippen molar-refractivity contribution in [2.75, 3.05) is 7.11 Å². The maximum absolute atomic E-state index is 11.9. The van der Waals surface area contributed by atoms with Crippen LogP contribution < -0.4 is 5.32 Å². The van der Waals surface area contributed by atoms with Crippen LogP contribution in [0.15, 0.2) is 22.7 Å². The molecule has 1 aliphatic rings. The van der Waals surface area contributed by atoms with Gasteiger partial charge in [0.05, 0.1) is 17.8 Å². The molecule has 108 valence electrons. The number of hydrogen-bond acceptors (Lipinski definition) is 5. The second kappa shape index (κ2) is 5.71. The van der Waals surface area contributed by atoms with Gasteiger partial charge in [0.15, 0.2) is 11.5 Å². The summed E-state index contributed by atoms with van der Waals surface area (Å²) in [5.74, 6) is 0.0295. The van der Waals surface area contributed by atoms with Crippen LogP contribution in [0.5, 0.6) is 0 Å². The van der Waals surface area contributed by atoms with Crippen LogP contribution >= 0.6 is 27.5 Å². The van der Waals surface area contributed by atoms with Crippen LogP contribution in [-0.4, -0.2) is 23.0 Å². The quantitative estimate of drug-likeness (QED) is 0.826. The molecule has 2 aromatic rings. The molecule has 0 saturated heterocycles. The third-order valence-electron chi connectivity index (χ3n) is 3.24. The first-order valence-corrected chi connectivity index (χ1v) is 7.41. The minimum Gasteiger partial charge on any atom is -0.464 e. The number of ether oxygens (including phenoxy) is 1. The number of halogens is 2. The van der Waals surface area contributed by atoms with Crippen molar-refractivity contribution in [2.45, 2.75) is 13.1 Å². The number of hydrogen-bond donors (Lipinski definition) is 1. The Hall–Kier alpha value is -1.50. The van der Waals surface area contributed by atoms with E-state index in [0.29, 0.717) is 29.6 Å². The second-order valence-electron chi connectivity index (χ2n) is 4.55. The number of aromatic nitrogens is 2. The number of esters is 1. The van der Waals surface area contributed by atoms with Crippen molar-refractivity contribution in [2.24, 2.45) is 0 Å². The Morgan fingerprint density at radius 2 is 2.19 bits per heavy atom. The zero-order chi connectivity index (χ0) is 15.0. The van der Waals surface area contributed by atoms with Gasteiger partial charge in [0.1, 0.15) is 0 Å². The van der Waals surface area contributed by atoms with Crippen LogP contribution in [0.25, 0.3) is 11.4 Å². The van der Waals surface area contributed by atoms with Gasteiger partial charge in [0.2, 0.25) is 0 Å². The van der Waals surface area contributed by atoms with Gasteiger partial charge in [-0.05, 0) is 34.1 Å². The Labute approximate surface area is 134 Å². The Balaban J connectivity index is 2.15. The fraction of sp³-hybridized carbons (Fsp3) is 0.214. The van der Waals surface area contributed by atoms with Crippen LogP contribution in [-0.2, 0) is 17.8 Å². The van der Waals surface area contributed by atoms with E-state index in [4.69, 9.17) is 16.3 Å². The van der Waals surface area contributed by atoms with E-state index < -0.39 is 5.97 Å². The van der Waals surface area contributed by atoms with Gasteiger partial charge in [-0.3, -0.25) is 0 Å². The van der Waals surface area contributed by atoms with Gasteiger partial charge in [0.25, 0.3) is 0 Å². The van der Waals surface area contributed by atoms with E-state index in [2.05, 4.69) is 31.2 Å². The molecular weight excluding hydrogens is 358 g/mol. The summed E-state index contributed by atoms with van der Waals surface area (Å²) in [6.45, 7) is 1.19. The number of carbonyl (C=O) groups is 1. The van der Waals surface area contributed by atoms with E-state index in [-0.39, 0.29) is 0 Å². The Morgan fingerprint density at radius 1 is 1.38 bits per heavy atom. The van der Waals surface area contributed by atoms with Crippen LogP contribution in [0.3, 0.4) is 0 Å². The summed E-state index contributed by atoms with van der Waals surface area (Å²) < 4.78 is 5.56. The summed E-state index contributed by atoms with van der Waals surface area (Å²) in [6, 6.07) is 5.40. The smallest absolute Gasteiger partial charge is 0.357 e. The van der Waals surface area contributed by atoms with Crippen molar-refractivity contribution >= 4 is 33.5 Å². The monoisotopic (exact) mass is 367 g/mol. The number of carbonyl (C=O) groups excluding carboxylic acids is 1. The third kappa shape index (κ3) is 2.66. The summed E-state index contributed by atoms with van der Waals surface area (Å²) in [6.07, 6.45) is 0. The van der Waals surface area contributed by atoms with Crippen molar-refractivity contribution < 1.29 is 9.53 Å². The van der Waals surface area contributed by atoms with Gasteiger partial charge in [0, 0.05) is 28.7 Å². The average Bonchev–Trinajstić information content (AvgIpc) is 2.96. The summed E-state index contributed by atoms with van der Waals surface area (Å²) in [4.78, 5) is 20.8. The number of nitrogens with zero attached hydrogens (tertiary/aromatic N) is 2. The fourth-order valence-corrected chi connectivity index (χ4v) is 2.69. The molecule has 1 aromatic carbocycles. The van der Waals surface area contributed by atoms with Gasteiger partial charge < -0.3 is 10.1 Å². The molecule has 0 spiro atoms. The van der Waals surface area contributed by atoms with Crippen LogP contribution in [0.2, 0.25) is 5.02 Å². The summed E-state index contributed by atoms with van der Waals surface area (Å²) >= 11 is 9.37. The molecule has 0 bridgehead atoms. The third-order valence-corrected chi connectivity index (χ3v) is 4.46. The predicted molar refractivity (Wildman–Crippen MR) is 82.1 cm³/mol. The Bertz CT molecular complexity index is 736. The molecule has 0 atom stereocenters. The lowest BCUT2D eigenvalue weighted by Gasteiger charge is -2.08. The minimum atomic E-state index is -0.452. The molecule has 1 N–H and O–H groups in total. The zero-order valence-corrected chi connectivity index (χ0v) is 13.5. The number of nitrogens with one attached hydrogen (secondary N) is 1. The van der Waals surface area contributed by atoms with E-state index in [0.717, 1.165) is 21.3 Å². The summed E-state index contributed by atoms with van der Waals surface area (Å²) in [5, 5.41) is 3.77. The number of methoxy groups -OCH3 is 1. The lowest BCUT2D eigenvalue weighted by molar-refractivity contribution is 0.0592. The maximum Gasteiger partial charge on any atom is 0.357 e. The molecule has 1 aromatic heterocycles. The van der Waals surface area contributed by atoms with Gasteiger partial charge in [-0.25, -0.2) is 14.8 Å². The standard InChI is InChI=1S/C14H11BrClN3O2/c1-21-14(20)12-8-5-17-6-11(8)18-13(19-12)7-2-3-10(16)9(15)4-7/h2-4,17H,5-6H2,1H3. The zero-order valence-electron chi connectivity index (χ0n) is 11.1. The maximum atomic E-state index is 11.9. The molecule has 21 heavy (non-hydrogen) atoms.